The molecule has 4 heteroatoms. The van der Waals surface area contributed by atoms with Gasteiger partial charge in [-0.05, 0) is 25.1 Å². The van der Waals surface area contributed by atoms with Gasteiger partial charge < -0.3 is 15.4 Å². The first-order valence-corrected chi connectivity index (χ1v) is 7.41. The fourth-order valence-corrected chi connectivity index (χ4v) is 2.00. The minimum atomic E-state index is -0.0388. The van der Waals surface area contributed by atoms with Crippen molar-refractivity contribution in [2.75, 3.05) is 25.5 Å². The molecule has 0 saturated carbocycles. The maximum absolute atomic E-state index is 11.8. The van der Waals surface area contributed by atoms with Crippen LogP contribution in [0.15, 0.2) is 24.3 Å². The normalized spacial score (nSPS) is 10.3. The first-order chi connectivity index (χ1) is 9.77. The second-order valence-electron chi connectivity index (χ2n) is 4.84. The second-order valence-corrected chi connectivity index (χ2v) is 4.84. The molecule has 0 radical (unpaired) electrons. The van der Waals surface area contributed by atoms with Crippen molar-refractivity contribution >= 4 is 11.6 Å². The number of carbonyl (C=O) groups excluding carboxylic acids is 1. The lowest BCUT2D eigenvalue weighted by atomic mass is 10.1. The van der Waals surface area contributed by atoms with Gasteiger partial charge in [0.15, 0.2) is 0 Å². The van der Waals surface area contributed by atoms with Crippen molar-refractivity contribution in [3.05, 3.63) is 24.3 Å². The smallest absolute Gasteiger partial charge is 0.238 e. The van der Waals surface area contributed by atoms with Crippen LogP contribution in [0.2, 0.25) is 0 Å². The molecular weight excluding hydrogens is 252 g/mol. The summed E-state index contributed by atoms with van der Waals surface area (Å²) in [6.07, 6.45) is 6.20. The lowest BCUT2D eigenvalue weighted by Crippen LogP contribution is -2.28. The van der Waals surface area contributed by atoms with Crippen LogP contribution >= 0.6 is 0 Å². The van der Waals surface area contributed by atoms with Gasteiger partial charge in [0.2, 0.25) is 5.91 Å². The van der Waals surface area contributed by atoms with E-state index in [1.807, 2.05) is 24.3 Å². The quantitative estimate of drug-likeness (QED) is 0.646. The van der Waals surface area contributed by atoms with Crippen molar-refractivity contribution in [2.24, 2.45) is 0 Å². The molecule has 0 saturated heterocycles. The first-order valence-electron chi connectivity index (χ1n) is 7.41. The average molecular weight is 278 g/mol. The standard InChI is InChI=1S/C16H26N2O2/c1-3-4-5-6-9-12-17-13-16(19)18-14-10-7-8-11-15(14)20-2/h7-8,10-11,17H,3-6,9,12-13H2,1-2H3,(H,18,19). The number of methoxy groups -OCH3 is 1. The molecule has 0 spiro atoms. The van der Waals surface area contributed by atoms with Crippen LogP contribution in [-0.2, 0) is 4.79 Å². The number of para-hydroxylation sites is 2. The van der Waals surface area contributed by atoms with Crippen LogP contribution in [0.5, 0.6) is 5.75 Å². The Balaban J connectivity index is 2.17. The van der Waals surface area contributed by atoms with E-state index in [0.29, 0.717) is 18.0 Å². The Bertz CT molecular complexity index is 394. The van der Waals surface area contributed by atoms with E-state index in [4.69, 9.17) is 4.74 Å². The van der Waals surface area contributed by atoms with Gasteiger partial charge >= 0.3 is 0 Å². The van der Waals surface area contributed by atoms with Gasteiger partial charge in [0.05, 0.1) is 19.3 Å². The van der Waals surface area contributed by atoms with Crippen molar-refractivity contribution in [1.29, 1.82) is 0 Å². The molecule has 1 amide bonds. The van der Waals surface area contributed by atoms with Crippen LogP contribution in [0.4, 0.5) is 5.69 Å². The summed E-state index contributed by atoms with van der Waals surface area (Å²) in [6, 6.07) is 7.42. The zero-order valence-corrected chi connectivity index (χ0v) is 12.6. The molecule has 0 bridgehead atoms. The summed E-state index contributed by atoms with van der Waals surface area (Å²) in [5.41, 5.74) is 0.713. The largest absolute Gasteiger partial charge is 0.495 e. The molecule has 112 valence electrons. The van der Waals surface area contributed by atoms with Gasteiger partial charge in [-0.2, -0.15) is 0 Å². The first kappa shape index (κ1) is 16.5. The topological polar surface area (TPSA) is 50.4 Å². The molecule has 0 atom stereocenters. The molecule has 20 heavy (non-hydrogen) atoms. The minimum absolute atomic E-state index is 0.0388. The molecular formula is C16H26N2O2. The summed E-state index contributed by atoms with van der Waals surface area (Å²) in [7, 11) is 1.60. The Morgan fingerprint density at radius 3 is 2.65 bits per heavy atom. The van der Waals surface area contributed by atoms with Crippen LogP contribution in [0, 0.1) is 0 Å². The van der Waals surface area contributed by atoms with Crippen molar-refractivity contribution in [3.63, 3.8) is 0 Å². The predicted octanol–water partition coefficient (Wildman–Crippen LogP) is 3.19. The molecule has 1 rings (SSSR count). The Hall–Kier alpha value is -1.55. The maximum atomic E-state index is 11.8. The minimum Gasteiger partial charge on any atom is -0.495 e. The van der Waals surface area contributed by atoms with Crippen molar-refractivity contribution in [3.8, 4) is 5.75 Å². The van der Waals surface area contributed by atoms with Gasteiger partial charge in [0.1, 0.15) is 5.75 Å². The van der Waals surface area contributed by atoms with Crippen LogP contribution < -0.4 is 15.4 Å². The van der Waals surface area contributed by atoms with Crippen molar-refractivity contribution in [2.45, 2.75) is 39.0 Å². The number of anilines is 1. The molecule has 1 aromatic carbocycles. The van der Waals surface area contributed by atoms with Crippen molar-refractivity contribution in [1.82, 2.24) is 5.32 Å². The summed E-state index contributed by atoms with van der Waals surface area (Å²) in [5, 5.41) is 6.01. The highest BCUT2D eigenvalue weighted by molar-refractivity contribution is 5.93. The lowest BCUT2D eigenvalue weighted by molar-refractivity contribution is -0.115. The van der Waals surface area contributed by atoms with Crippen LogP contribution in [0.1, 0.15) is 39.0 Å². The Labute approximate surface area is 121 Å². The van der Waals surface area contributed by atoms with E-state index in [9.17, 15) is 4.79 Å². The third-order valence-corrected chi connectivity index (χ3v) is 3.12. The number of nitrogens with one attached hydrogen (secondary N) is 2. The van der Waals surface area contributed by atoms with Crippen molar-refractivity contribution < 1.29 is 9.53 Å². The van der Waals surface area contributed by atoms with E-state index in [-0.39, 0.29) is 5.91 Å². The molecule has 0 fully saturated rings. The van der Waals surface area contributed by atoms with Crippen LogP contribution in [-0.4, -0.2) is 26.1 Å². The molecule has 1 aromatic rings. The van der Waals surface area contributed by atoms with E-state index in [1.54, 1.807) is 7.11 Å². The summed E-state index contributed by atoms with van der Waals surface area (Å²) >= 11 is 0. The zero-order valence-electron chi connectivity index (χ0n) is 12.6. The summed E-state index contributed by atoms with van der Waals surface area (Å²) in [6.45, 7) is 3.44. The highest BCUT2D eigenvalue weighted by atomic mass is 16.5. The number of hydrogen-bond donors (Lipinski definition) is 2. The van der Waals surface area contributed by atoms with Gasteiger partial charge in [-0.25, -0.2) is 0 Å². The highest BCUT2D eigenvalue weighted by Crippen LogP contribution is 2.22. The number of ether oxygens (including phenoxy) is 1. The fraction of sp³-hybridized carbons (Fsp3) is 0.562. The molecule has 0 heterocycles. The highest BCUT2D eigenvalue weighted by Gasteiger charge is 2.05. The van der Waals surface area contributed by atoms with Gasteiger partial charge in [0, 0.05) is 0 Å². The SMILES string of the molecule is CCCCCCCNCC(=O)Nc1ccccc1OC. The molecule has 0 aromatic heterocycles. The number of amides is 1. The summed E-state index contributed by atoms with van der Waals surface area (Å²) in [5.74, 6) is 0.642. The van der Waals surface area contributed by atoms with Gasteiger partial charge in [-0.1, -0.05) is 44.7 Å². The van der Waals surface area contributed by atoms with E-state index in [0.717, 1.165) is 13.0 Å². The number of hydrogen-bond acceptors (Lipinski definition) is 3. The third-order valence-electron chi connectivity index (χ3n) is 3.12. The lowest BCUT2D eigenvalue weighted by Gasteiger charge is -2.10. The number of carbonyl (C=O) groups is 1. The third kappa shape index (κ3) is 6.57. The average Bonchev–Trinajstić information content (AvgIpc) is 2.47. The van der Waals surface area contributed by atoms with Gasteiger partial charge in [-0.3, -0.25) is 4.79 Å². The van der Waals surface area contributed by atoms with E-state index in [1.165, 1.54) is 25.7 Å². The van der Waals surface area contributed by atoms with E-state index < -0.39 is 0 Å². The molecule has 0 aliphatic carbocycles. The molecule has 0 aliphatic heterocycles. The summed E-state index contributed by atoms with van der Waals surface area (Å²) in [4.78, 5) is 11.8. The van der Waals surface area contributed by atoms with E-state index >= 15 is 0 Å². The number of unbranched alkanes of at least 4 members (excludes halogenated alkanes) is 4. The number of rotatable bonds is 10. The van der Waals surface area contributed by atoms with Crippen LogP contribution in [0.25, 0.3) is 0 Å². The molecule has 0 aliphatic rings. The predicted molar refractivity (Wildman–Crippen MR) is 83.3 cm³/mol. The van der Waals surface area contributed by atoms with E-state index in [2.05, 4.69) is 17.6 Å². The van der Waals surface area contributed by atoms with Gasteiger partial charge in [0.25, 0.3) is 0 Å². The molecule has 4 nitrogen and oxygen atoms in total. The number of benzene rings is 1. The zero-order chi connectivity index (χ0) is 14.6. The molecule has 2 N–H and O–H groups in total. The maximum Gasteiger partial charge on any atom is 0.238 e. The fourth-order valence-electron chi connectivity index (χ4n) is 2.00. The van der Waals surface area contributed by atoms with Crippen LogP contribution in [0.3, 0.4) is 0 Å². The molecule has 0 unspecified atom stereocenters. The monoisotopic (exact) mass is 278 g/mol. The Morgan fingerprint density at radius 2 is 1.90 bits per heavy atom. The Kier molecular flexibility index (Phi) is 8.47. The van der Waals surface area contributed by atoms with Gasteiger partial charge in [-0.15, -0.1) is 0 Å². The second kappa shape index (κ2) is 10.3. The summed E-state index contributed by atoms with van der Waals surface area (Å²) < 4.78 is 5.19. The Morgan fingerprint density at radius 1 is 1.15 bits per heavy atom.